The molecule has 2 aromatic rings. The largest absolute Gasteiger partial charge is 0.376 e. The fraction of sp³-hybridized carbons (Fsp3) is 0.200. The highest BCUT2D eigenvalue weighted by molar-refractivity contribution is 5.63. The summed E-state index contributed by atoms with van der Waals surface area (Å²) >= 11 is 0. The van der Waals surface area contributed by atoms with Crippen LogP contribution in [0.3, 0.4) is 0 Å². The van der Waals surface area contributed by atoms with Crippen LogP contribution in [0.2, 0.25) is 0 Å². The van der Waals surface area contributed by atoms with Gasteiger partial charge in [0, 0.05) is 12.0 Å². The molecule has 1 fully saturated rings. The fourth-order valence-corrected chi connectivity index (χ4v) is 2.40. The van der Waals surface area contributed by atoms with E-state index in [4.69, 9.17) is 0 Å². The van der Waals surface area contributed by atoms with Crippen molar-refractivity contribution in [3.05, 3.63) is 70.0 Å². The van der Waals surface area contributed by atoms with Crippen LogP contribution in [-0.4, -0.2) is 11.0 Å². The summed E-state index contributed by atoms with van der Waals surface area (Å²) in [7, 11) is 0. The van der Waals surface area contributed by atoms with Gasteiger partial charge in [-0.15, -0.1) is 0 Å². The van der Waals surface area contributed by atoms with Crippen LogP contribution in [-0.2, 0) is 0 Å². The Hall–Kier alpha value is -2.43. The third-order valence-corrected chi connectivity index (χ3v) is 3.52. The molecule has 0 amide bonds. The maximum atomic E-state index is 13.1. The van der Waals surface area contributed by atoms with E-state index in [9.17, 15) is 14.5 Å². The lowest BCUT2D eigenvalue weighted by molar-refractivity contribution is -0.384. The Morgan fingerprint density at radius 1 is 1.20 bits per heavy atom. The molecule has 0 bridgehead atoms. The molecule has 1 aliphatic rings. The second-order valence-corrected chi connectivity index (χ2v) is 4.92. The van der Waals surface area contributed by atoms with Gasteiger partial charge in [-0.3, -0.25) is 10.1 Å². The van der Waals surface area contributed by atoms with Crippen LogP contribution in [0.4, 0.5) is 15.8 Å². The van der Waals surface area contributed by atoms with Gasteiger partial charge in [0.15, 0.2) is 0 Å². The van der Waals surface area contributed by atoms with Crippen molar-refractivity contribution in [2.24, 2.45) is 0 Å². The van der Waals surface area contributed by atoms with E-state index in [0.29, 0.717) is 11.6 Å². The van der Waals surface area contributed by atoms with E-state index in [1.807, 2.05) is 30.3 Å². The molecule has 0 spiro atoms. The minimum absolute atomic E-state index is 0.168. The zero-order chi connectivity index (χ0) is 14.1. The Labute approximate surface area is 115 Å². The van der Waals surface area contributed by atoms with Crippen molar-refractivity contribution in [3.8, 4) is 0 Å². The lowest BCUT2D eigenvalue weighted by Crippen LogP contribution is -2.06. The summed E-state index contributed by atoms with van der Waals surface area (Å²) in [6.07, 6.45) is 0.929. The summed E-state index contributed by atoms with van der Waals surface area (Å²) in [5.41, 5.74) is 1.37. The summed E-state index contributed by atoms with van der Waals surface area (Å²) in [5.74, 6) is -0.237. The highest BCUT2D eigenvalue weighted by Gasteiger charge is 2.39. The van der Waals surface area contributed by atoms with E-state index in [-0.39, 0.29) is 11.7 Å². The van der Waals surface area contributed by atoms with Gasteiger partial charge in [-0.05, 0) is 24.1 Å². The molecule has 1 saturated carbocycles. The monoisotopic (exact) mass is 272 g/mol. The molecule has 5 heteroatoms. The number of hydrogen-bond acceptors (Lipinski definition) is 3. The number of rotatable bonds is 4. The van der Waals surface area contributed by atoms with Crippen molar-refractivity contribution in [3.63, 3.8) is 0 Å². The number of nitro benzene ring substituents is 1. The molecule has 0 radical (unpaired) electrons. The van der Waals surface area contributed by atoms with Gasteiger partial charge in [-0.25, -0.2) is 4.39 Å². The summed E-state index contributed by atoms with van der Waals surface area (Å²) in [5, 5.41) is 14.1. The average Bonchev–Trinajstić information content (AvgIpc) is 3.21. The summed E-state index contributed by atoms with van der Waals surface area (Å²) < 4.78 is 13.1. The maximum absolute atomic E-state index is 13.1. The van der Waals surface area contributed by atoms with Gasteiger partial charge in [0.2, 0.25) is 0 Å². The third-order valence-electron chi connectivity index (χ3n) is 3.52. The van der Waals surface area contributed by atoms with Gasteiger partial charge in [0.05, 0.1) is 11.0 Å². The van der Waals surface area contributed by atoms with Gasteiger partial charge in [0.25, 0.3) is 5.69 Å². The Morgan fingerprint density at radius 3 is 2.65 bits per heavy atom. The van der Waals surface area contributed by atoms with Gasteiger partial charge in [0.1, 0.15) is 11.5 Å². The van der Waals surface area contributed by atoms with Gasteiger partial charge < -0.3 is 5.32 Å². The number of hydrogen-bond donors (Lipinski definition) is 1. The van der Waals surface area contributed by atoms with Crippen molar-refractivity contribution >= 4 is 11.4 Å². The molecule has 0 aliphatic heterocycles. The minimum atomic E-state index is -0.599. The standard InChI is InChI=1S/C15H13FN2O2/c16-11-6-7-13(15(8-11)18(19)20)17-14-9-12(14)10-4-2-1-3-5-10/h1-8,12,14,17H,9H2. The Morgan fingerprint density at radius 2 is 1.95 bits per heavy atom. The molecule has 1 N–H and O–H groups in total. The molecule has 3 rings (SSSR count). The number of benzene rings is 2. The smallest absolute Gasteiger partial charge is 0.295 e. The molecular weight excluding hydrogens is 259 g/mol. The van der Waals surface area contributed by atoms with Crippen LogP contribution in [0.5, 0.6) is 0 Å². The molecule has 1 aliphatic carbocycles. The molecule has 102 valence electrons. The first-order chi connectivity index (χ1) is 9.65. The molecule has 2 aromatic carbocycles. The number of nitrogens with one attached hydrogen (secondary N) is 1. The normalized spacial score (nSPS) is 20.4. The maximum Gasteiger partial charge on any atom is 0.295 e. The first-order valence-corrected chi connectivity index (χ1v) is 6.40. The van der Waals surface area contributed by atoms with E-state index in [2.05, 4.69) is 5.32 Å². The molecular formula is C15H13FN2O2. The second kappa shape index (κ2) is 4.92. The van der Waals surface area contributed by atoms with Crippen LogP contribution in [0.15, 0.2) is 48.5 Å². The second-order valence-electron chi connectivity index (χ2n) is 4.92. The summed E-state index contributed by atoms with van der Waals surface area (Å²) in [4.78, 5) is 10.4. The molecule has 0 saturated heterocycles. The Bertz CT molecular complexity index is 646. The van der Waals surface area contributed by atoms with Crippen LogP contribution >= 0.6 is 0 Å². The molecule has 2 atom stereocenters. The molecule has 2 unspecified atom stereocenters. The predicted molar refractivity (Wildman–Crippen MR) is 74.3 cm³/mol. The summed E-state index contributed by atoms with van der Waals surface area (Å²) in [6, 6.07) is 13.8. The van der Waals surface area contributed by atoms with E-state index in [1.54, 1.807) is 0 Å². The quantitative estimate of drug-likeness (QED) is 0.682. The van der Waals surface area contributed by atoms with Crippen molar-refractivity contribution in [2.75, 3.05) is 5.32 Å². The molecule has 0 aromatic heterocycles. The number of halogens is 1. The first-order valence-electron chi connectivity index (χ1n) is 6.40. The molecule has 4 nitrogen and oxygen atoms in total. The highest BCUT2D eigenvalue weighted by atomic mass is 19.1. The Kier molecular flexibility index (Phi) is 3.10. The zero-order valence-corrected chi connectivity index (χ0v) is 10.6. The number of anilines is 1. The lowest BCUT2D eigenvalue weighted by Gasteiger charge is -2.07. The van der Waals surface area contributed by atoms with Crippen LogP contribution in [0.25, 0.3) is 0 Å². The zero-order valence-electron chi connectivity index (χ0n) is 10.6. The van der Waals surface area contributed by atoms with Crippen molar-refractivity contribution < 1.29 is 9.31 Å². The van der Waals surface area contributed by atoms with Crippen LogP contribution in [0, 0.1) is 15.9 Å². The SMILES string of the molecule is O=[N+]([O-])c1cc(F)ccc1NC1CC1c1ccccc1. The predicted octanol–water partition coefficient (Wildman–Crippen LogP) is 3.70. The fourth-order valence-electron chi connectivity index (χ4n) is 2.40. The Balaban J connectivity index is 1.76. The topological polar surface area (TPSA) is 55.2 Å². The van der Waals surface area contributed by atoms with E-state index in [0.717, 1.165) is 12.5 Å². The van der Waals surface area contributed by atoms with E-state index in [1.165, 1.54) is 17.7 Å². The molecule has 0 heterocycles. The first kappa shape index (κ1) is 12.6. The van der Waals surface area contributed by atoms with E-state index < -0.39 is 10.7 Å². The van der Waals surface area contributed by atoms with Gasteiger partial charge in [-0.1, -0.05) is 30.3 Å². The third kappa shape index (κ3) is 2.47. The van der Waals surface area contributed by atoms with Crippen molar-refractivity contribution in [2.45, 2.75) is 18.4 Å². The van der Waals surface area contributed by atoms with Crippen LogP contribution < -0.4 is 5.32 Å². The molecule has 20 heavy (non-hydrogen) atoms. The minimum Gasteiger partial charge on any atom is -0.376 e. The lowest BCUT2D eigenvalue weighted by atomic mass is 10.1. The van der Waals surface area contributed by atoms with E-state index >= 15 is 0 Å². The highest BCUT2D eigenvalue weighted by Crippen LogP contribution is 2.43. The van der Waals surface area contributed by atoms with Gasteiger partial charge in [-0.2, -0.15) is 0 Å². The number of nitro groups is 1. The number of nitrogens with zero attached hydrogens (tertiary/aromatic N) is 1. The van der Waals surface area contributed by atoms with Crippen molar-refractivity contribution in [1.82, 2.24) is 0 Å². The average molecular weight is 272 g/mol. The summed E-state index contributed by atoms with van der Waals surface area (Å²) in [6.45, 7) is 0. The van der Waals surface area contributed by atoms with Gasteiger partial charge >= 0.3 is 0 Å². The van der Waals surface area contributed by atoms with Crippen molar-refractivity contribution in [1.29, 1.82) is 0 Å². The van der Waals surface area contributed by atoms with Crippen LogP contribution in [0.1, 0.15) is 17.9 Å².